The zero-order valence-corrected chi connectivity index (χ0v) is 11.9. The number of aromatic nitrogens is 2. The Labute approximate surface area is 118 Å². The van der Waals surface area contributed by atoms with E-state index in [1.165, 1.54) is 0 Å². The number of carbonyl (C=O) groups is 2. The average Bonchev–Trinajstić information content (AvgIpc) is 2.79. The molecule has 0 fully saturated rings. The van der Waals surface area contributed by atoms with E-state index in [2.05, 4.69) is 15.7 Å². The maximum Gasteiger partial charge on any atom is 0.315 e. The molecule has 1 rings (SSSR count). The lowest BCUT2D eigenvalue weighted by Gasteiger charge is -2.11. The Hall–Kier alpha value is -2.05. The van der Waals surface area contributed by atoms with Crippen molar-refractivity contribution in [1.82, 2.24) is 20.4 Å². The topological polar surface area (TPSA) is 96.3 Å². The van der Waals surface area contributed by atoms with Crippen molar-refractivity contribution < 1.29 is 14.7 Å². The number of nitrogens with zero attached hydrogens (tertiary/aromatic N) is 2. The highest BCUT2D eigenvalue weighted by molar-refractivity contribution is 5.73. The predicted molar refractivity (Wildman–Crippen MR) is 74.1 cm³/mol. The molecular formula is C13H22N4O3. The minimum Gasteiger partial charge on any atom is -0.481 e. The fraction of sp³-hybridized carbons (Fsp3) is 0.615. The molecule has 1 unspecified atom stereocenters. The first-order valence-electron chi connectivity index (χ1n) is 6.69. The Balaban J connectivity index is 2.11. The summed E-state index contributed by atoms with van der Waals surface area (Å²) in [5, 5.41) is 18.1. The molecule has 1 aromatic rings. The summed E-state index contributed by atoms with van der Waals surface area (Å²) in [6, 6.07) is 1.62. The molecule has 7 heteroatoms. The molecule has 7 nitrogen and oxygen atoms in total. The molecule has 20 heavy (non-hydrogen) atoms. The lowest BCUT2D eigenvalue weighted by Crippen LogP contribution is -2.36. The minimum absolute atomic E-state index is 0.174. The minimum atomic E-state index is -0.779. The fourth-order valence-electron chi connectivity index (χ4n) is 1.75. The zero-order valence-electron chi connectivity index (χ0n) is 11.9. The molecule has 0 aliphatic heterocycles. The van der Waals surface area contributed by atoms with Crippen LogP contribution in [0.4, 0.5) is 4.79 Å². The van der Waals surface area contributed by atoms with Crippen LogP contribution < -0.4 is 10.6 Å². The van der Waals surface area contributed by atoms with Crippen molar-refractivity contribution in [2.45, 2.75) is 32.7 Å². The third-order valence-corrected chi connectivity index (χ3v) is 3.13. The van der Waals surface area contributed by atoms with Crippen LogP contribution in [0.2, 0.25) is 0 Å². The molecule has 0 radical (unpaired) electrons. The highest BCUT2D eigenvalue weighted by Crippen LogP contribution is 2.08. The van der Waals surface area contributed by atoms with Gasteiger partial charge >= 0.3 is 12.0 Å². The van der Waals surface area contributed by atoms with Crippen LogP contribution in [-0.4, -0.2) is 33.4 Å². The van der Waals surface area contributed by atoms with Gasteiger partial charge in [0, 0.05) is 26.2 Å². The van der Waals surface area contributed by atoms with Gasteiger partial charge in [0.05, 0.1) is 12.2 Å². The molecule has 3 N–H and O–H groups in total. The smallest absolute Gasteiger partial charge is 0.315 e. The van der Waals surface area contributed by atoms with Gasteiger partial charge in [0.2, 0.25) is 0 Å². The summed E-state index contributed by atoms with van der Waals surface area (Å²) in [4.78, 5) is 22.0. The van der Waals surface area contributed by atoms with Gasteiger partial charge in [-0.15, -0.1) is 0 Å². The average molecular weight is 282 g/mol. The number of carboxylic acids is 1. The van der Waals surface area contributed by atoms with Gasteiger partial charge in [-0.25, -0.2) is 4.79 Å². The Bertz CT molecular complexity index is 445. The first-order chi connectivity index (χ1) is 9.49. The molecule has 1 atom stereocenters. The van der Waals surface area contributed by atoms with Crippen LogP contribution in [0.3, 0.4) is 0 Å². The molecule has 1 heterocycles. The third kappa shape index (κ3) is 6.21. The molecule has 0 saturated carbocycles. The van der Waals surface area contributed by atoms with E-state index in [9.17, 15) is 9.59 Å². The number of nitrogens with one attached hydrogen (secondary N) is 2. The predicted octanol–water partition coefficient (Wildman–Crippen LogP) is 1.11. The number of hydrogen-bond donors (Lipinski definition) is 3. The zero-order chi connectivity index (χ0) is 15.0. The van der Waals surface area contributed by atoms with Crippen molar-refractivity contribution in [2.24, 2.45) is 13.0 Å². The lowest BCUT2D eigenvalue weighted by molar-refractivity contribution is -0.137. The summed E-state index contributed by atoms with van der Waals surface area (Å²) in [5.41, 5.74) is 0.926. The largest absolute Gasteiger partial charge is 0.481 e. The molecule has 0 aliphatic carbocycles. The van der Waals surface area contributed by atoms with Crippen LogP contribution >= 0.6 is 0 Å². The second-order valence-electron chi connectivity index (χ2n) is 4.88. The quantitative estimate of drug-likeness (QED) is 0.665. The number of carboxylic acid groups (broad SMARTS) is 1. The van der Waals surface area contributed by atoms with Gasteiger partial charge in [0.15, 0.2) is 0 Å². The van der Waals surface area contributed by atoms with E-state index < -0.39 is 5.97 Å². The summed E-state index contributed by atoms with van der Waals surface area (Å²) >= 11 is 0. The van der Waals surface area contributed by atoms with Crippen molar-refractivity contribution in [3.05, 3.63) is 18.0 Å². The van der Waals surface area contributed by atoms with Gasteiger partial charge in [0.1, 0.15) is 0 Å². The van der Waals surface area contributed by atoms with Crippen molar-refractivity contribution in [2.75, 3.05) is 6.54 Å². The number of aliphatic carboxylic acids is 1. The van der Waals surface area contributed by atoms with E-state index >= 15 is 0 Å². The van der Waals surface area contributed by atoms with Crippen molar-refractivity contribution in [3.8, 4) is 0 Å². The first kappa shape index (κ1) is 16.0. The Morgan fingerprint density at radius 1 is 1.40 bits per heavy atom. The van der Waals surface area contributed by atoms with E-state index in [1.54, 1.807) is 10.9 Å². The Morgan fingerprint density at radius 3 is 2.75 bits per heavy atom. The van der Waals surface area contributed by atoms with Gasteiger partial charge < -0.3 is 15.7 Å². The normalized spacial score (nSPS) is 11.9. The standard InChI is InChI=1S/C13H22N4O3/c1-10(3-4-12(18)19)5-7-14-13(20)15-9-11-6-8-16-17(11)2/h6,8,10H,3-5,7,9H2,1-2H3,(H,18,19)(H2,14,15,20). The summed E-state index contributed by atoms with van der Waals surface area (Å²) in [5.74, 6) is -0.498. The monoisotopic (exact) mass is 282 g/mol. The second kappa shape index (κ2) is 8.19. The van der Waals surface area contributed by atoms with E-state index in [4.69, 9.17) is 5.11 Å². The molecule has 0 aromatic carbocycles. The van der Waals surface area contributed by atoms with E-state index in [0.29, 0.717) is 19.5 Å². The number of amides is 2. The molecule has 1 aromatic heterocycles. The van der Waals surface area contributed by atoms with Crippen molar-refractivity contribution >= 4 is 12.0 Å². The van der Waals surface area contributed by atoms with Gasteiger partial charge in [-0.05, 0) is 24.8 Å². The van der Waals surface area contributed by atoms with E-state index in [-0.39, 0.29) is 18.4 Å². The fourth-order valence-corrected chi connectivity index (χ4v) is 1.75. The van der Waals surface area contributed by atoms with Crippen LogP contribution in [0.1, 0.15) is 31.9 Å². The second-order valence-corrected chi connectivity index (χ2v) is 4.88. The van der Waals surface area contributed by atoms with Crippen LogP contribution in [0, 0.1) is 5.92 Å². The highest BCUT2D eigenvalue weighted by Gasteiger charge is 2.07. The van der Waals surface area contributed by atoms with Crippen molar-refractivity contribution in [3.63, 3.8) is 0 Å². The van der Waals surface area contributed by atoms with Gasteiger partial charge in [-0.1, -0.05) is 6.92 Å². The molecule has 112 valence electrons. The van der Waals surface area contributed by atoms with E-state index in [1.807, 2.05) is 20.0 Å². The van der Waals surface area contributed by atoms with E-state index in [0.717, 1.165) is 12.1 Å². The third-order valence-electron chi connectivity index (χ3n) is 3.13. The molecule has 0 aliphatic rings. The molecule has 0 spiro atoms. The van der Waals surface area contributed by atoms with Crippen LogP contribution in [0.5, 0.6) is 0 Å². The Morgan fingerprint density at radius 2 is 2.15 bits per heavy atom. The summed E-state index contributed by atoms with van der Waals surface area (Å²) in [6.45, 7) is 2.95. The van der Waals surface area contributed by atoms with Gasteiger partial charge in [-0.3, -0.25) is 9.48 Å². The molecule has 2 amide bonds. The number of hydrogen-bond acceptors (Lipinski definition) is 3. The van der Waals surface area contributed by atoms with Gasteiger partial charge in [0.25, 0.3) is 0 Å². The number of aryl methyl sites for hydroxylation is 1. The molecule has 0 saturated heterocycles. The SMILES string of the molecule is CC(CCNC(=O)NCc1ccnn1C)CCC(=O)O. The Kier molecular flexibility index (Phi) is 6.55. The maximum absolute atomic E-state index is 11.6. The number of rotatable bonds is 8. The lowest BCUT2D eigenvalue weighted by atomic mass is 10.0. The first-order valence-corrected chi connectivity index (χ1v) is 6.69. The summed E-state index contributed by atoms with van der Waals surface area (Å²) in [7, 11) is 1.82. The molecular weight excluding hydrogens is 260 g/mol. The van der Waals surface area contributed by atoms with Crippen LogP contribution in [-0.2, 0) is 18.4 Å². The maximum atomic E-state index is 11.6. The van der Waals surface area contributed by atoms with Gasteiger partial charge in [-0.2, -0.15) is 5.10 Å². The number of carbonyl (C=O) groups excluding carboxylic acids is 1. The van der Waals surface area contributed by atoms with Crippen LogP contribution in [0.25, 0.3) is 0 Å². The summed E-state index contributed by atoms with van der Waals surface area (Å²) < 4.78 is 1.70. The highest BCUT2D eigenvalue weighted by atomic mass is 16.4. The molecule has 0 bridgehead atoms. The van der Waals surface area contributed by atoms with Crippen LogP contribution in [0.15, 0.2) is 12.3 Å². The number of urea groups is 1. The summed E-state index contributed by atoms with van der Waals surface area (Å²) in [6.07, 6.45) is 3.26. The van der Waals surface area contributed by atoms with Crippen molar-refractivity contribution in [1.29, 1.82) is 0 Å².